The molecule has 0 atom stereocenters. The molecule has 2 aliphatic rings. The molecule has 0 bridgehead atoms. The highest BCUT2D eigenvalue weighted by Gasteiger charge is 2.32. The van der Waals surface area contributed by atoms with Crippen LogP contribution in [0.5, 0.6) is 0 Å². The second-order valence-corrected chi connectivity index (χ2v) is 5.05. The summed E-state index contributed by atoms with van der Waals surface area (Å²) in [7, 11) is 0. The van der Waals surface area contributed by atoms with Gasteiger partial charge < -0.3 is 5.11 Å². The molecule has 2 heteroatoms. The van der Waals surface area contributed by atoms with E-state index in [1.807, 2.05) is 6.08 Å². The van der Waals surface area contributed by atoms with Crippen LogP contribution in [0.4, 0.5) is 0 Å². The standard InChI is InChI=1S/C12H16O2/c1-12(2)6-5-8-3-4-9(11(13)14)10(8)7-12/h4H,3,5-7H2,1-2H3,(H,13,14). The number of rotatable bonds is 1. The van der Waals surface area contributed by atoms with Gasteiger partial charge in [0.05, 0.1) is 5.57 Å². The maximum absolute atomic E-state index is 11.0. The molecule has 14 heavy (non-hydrogen) atoms. The highest BCUT2D eigenvalue weighted by molar-refractivity contribution is 5.93. The number of carboxylic acid groups (broad SMARTS) is 1. The zero-order valence-corrected chi connectivity index (χ0v) is 8.76. The van der Waals surface area contributed by atoms with Gasteiger partial charge in [0.1, 0.15) is 0 Å². The van der Waals surface area contributed by atoms with Gasteiger partial charge in [0.2, 0.25) is 0 Å². The average Bonchev–Trinajstić information content (AvgIpc) is 2.44. The second-order valence-electron chi connectivity index (χ2n) is 5.05. The van der Waals surface area contributed by atoms with Crippen molar-refractivity contribution in [2.45, 2.75) is 39.5 Å². The smallest absolute Gasteiger partial charge is 0.335 e. The summed E-state index contributed by atoms with van der Waals surface area (Å²) >= 11 is 0. The molecule has 2 nitrogen and oxygen atoms in total. The molecule has 0 spiro atoms. The van der Waals surface area contributed by atoms with Crippen LogP contribution >= 0.6 is 0 Å². The third kappa shape index (κ3) is 1.49. The van der Waals surface area contributed by atoms with Crippen LogP contribution in [-0.4, -0.2) is 11.1 Å². The Morgan fingerprint density at radius 2 is 2.21 bits per heavy atom. The normalized spacial score (nSPS) is 24.6. The fourth-order valence-corrected chi connectivity index (χ4v) is 2.41. The van der Waals surface area contributed by atoms with Crippen molar-refractivity contribution in [3.63, 3.8) is 0 Å². The van der Waals surface area contributed by atoms with Crippen LogP contribution in [0.1, 0.15) is 39.5 Å². The fourth-order valence-electron chi connectivity index (χ4n) is 2.41. The van der Waals surface area contributed by atoms with Crippen molar-refractivity contribution in [2.24, 2.45) is 5.41 Å². The van der Waals surface area contributed by atoms with E-state index in [-0.39, 0.29) is 5.41 Å². The highest BCUT2D eigenvalue weighted by Crippen LogP contribution is 2.45. The van der Waals surface area contributed by atoms with E-state index in [1.54, 1.807) is 0 Å². The highest BCUT2D eigenvalue weighted by atomic mass is 16.4. The van der Waals surface area contributed by atoms with E-state index >= 15 is 0 Å². The van der Waals surface area contributed by atoms with Crippen LogP contribution in [0.2, 0.25) is 0 Å². The van der Waals surface area contributed by atoms with Gasteiger partial charge in [-0.05, 0) is 36.7 Å². The van der Waals surface area contributed by atoms with Gasteiger partial charge in [0, 0.05) is 0 Å². The van der Waals surface area contributed by atoms with E-state index in [4.69, 9.17) is 5.11 Å². The molecule has 0 saturated heterocycles. The lowest BCUT2D eigenvalue weighted by Crippen LogP contribution is -2.19. The lowest BCUT2D eigenvalue weighted by Gasteiger charge is -2.31. The first-order valence-corrected chi connectivity index (χ1v) is 5.14. The average molecular weight is 192 g/mol. The summed E-state index contributed by atoms with van der Waals surface area (Å²) < 4.78 is 0. The SMILES string of the molecule is CC1(C)CCC2=C(C1)C(C(=O)O)=CC2. The van der Waals surface area contributed by atoms with E-state index in [1.165, 1.54) is 12.0 Å². The van der Waals surface area contributed by atoms with Crippen LogP contribution in [0.15, 0.2) is 22.8 Å². The second kappa shape index (κ2) is 2.97. The van der Waals surface area contributed by atoms with E-state index in [9.17, 15) is 4.79 Å². The quantitative estimate of drug-likeness (QED) is 0.693. The van der Waals surface area contributed by atoms with Gasteiger partial charge in [-0.1, -0.05) is 25.5 Å². The van der Waals surface area contributed by atoms with Gasteiger partial charge in [-0.2, -0.15) is 0 Å². The summed E-state index contributed by atoms with van der Waals surface area (Å²) in [6.45, 7) is 4.43. The minimum absolute atomic E-state index is 0.276. The Morgan fingerprint density at radius 3 is 2.86 bits per heavy atom. The predicted octanol–water partition coefficient (Wildman–Crippen LogP) is 2.91. The molecular weight excluding hydrogens is 176 g/mol. The first kappa shape index (κ1) is 9.50. The number of hydrogen-bond donors (Lipinski definition) is 1. The van der Waals surface area contributed by atoms with Crippen molar-refractivity contribution in [3.8, 4) is 0 Å². The van der Waals surface area contributed by atoms with Crippen molar-refractivity contribution in [1.82, 2.24) is 0 Å². The molecule has 0 fully saturated rings. The van der Waals surface area contributed by atoms with Crippen molar-refractivity contribution < 1.29 is 9.90 Å². The Balaban J connectivity index is 2.30. The lowest BCUT2D eigenvalue weighted by atomic mass is 9.74. The van der Waals surface area contributed by atoms with Crippen LogP contribution in [-0.2, 0) is 4.79 Å². The van der Waals surface area contributed by atoms with Gasteiger partial charge in [-0.3, -0.25) is 0 Å². The van der Waals surface area contributed by atoms with Crippen LogP contribution in [0.25, 0.3) is 0 Å². The summed E-state index contributed by atoms with van der Waals surface area (Å²) in [5, 5.41) is 9.02. The summed E-state index contributed by atoms with van der Waals surface area (Å²) in [6.07, 6.45) is 5.93. The van der Waals surface area contributed by atoms with Crippen LogP contribution in [0.3, 0.4) is 0 Å². The van der Waals surface area contributed by atoms with E-state index < -0.39 is 5.97 Å². The first-order chi connectivity index (χ1) is 6.49. The molecule has 76 valence electrons. The third-order valence-corrected chi connectivity index (χ3v) is 3.29. The molecule has 0 amide bonds. The van der Waals surface area contributed by atoms with Crippen molar-refractivity contribution in [1.29, 1.82) is 0 Å². The molecule has 0 aromatic heterocycles. The lowest BCUT2D eigenvalue weighted by molar-refractivity contribution is -0.132. The maximum atomic E-state index is 11.0. The van der Waals surface area contributed by atoms with Crippen LogP contribution in [0, 0.1) is 5.41 Å². The molecule has 0 unspecified atom stereocenters. The Kier molecular flexibility index (Phi) is 2.02. The van der Waals surface area contributed by atoms with Crippen LogP contribution < -0.4 is 0 Å². The Bertz CT molecular complexity index is 345. The minimum atomic E-state index is -0.757. The number of hydrogen-bond acceptors (Lipinski definition) is 1. The molecule has 0 radical (unpaired) electrons. The topological polar surface area (TPSA) is 37.3 Å². The van der Waals surface area contributed by atoms with Crippen molar-refractivity contribution in [3.05, 3.63) is 22.8 Å². The van der Waals surface area contributed by atoms with Gasteiger partial charge in [0.25, 0.3) is 0 Å². The third-order valence-electron chi connectivity index (χ3n) is 3.29. The zero-order valence-electron chi connectivity index (χ0n) is 8.76. The first-order valence-electron chi connectivity index (χ1n) is 5.14. The largest absolute Gasteiger partial charge is 0.478 e. The van der Waals surface area contributed by atoms with Gasteiger partial charge in [-0.25, -0.2) is 4.79 Å². The van der Waals surface area contributed by atoms with Gasteiger partial charge in [-0.15, -0.1) is 0 Å². The number of allylic oxidation sites excluding steroid dienone is 2. The van der Waals surface area contributed by atoms with E-state index in [2.05, 4.69) is 13.8 Å². The molecule has 0 aromatic carbocycles. The maximum Gasteiger partial charge on any atom is 0.335 e. The van der Waals surface area contributed by atoms with E-state index in [0.29, 0.717) is 5.57 Å². The predicted molar refractivity (Wildman–Crippen MR) is 55.0 cm³/mol. The molecule has 0 aromatic rings. The van der Waals surface area contributed by atoms with Crippen molar-refractivity contribution >= 4 is 5.97 Å². The van der Waals surface area contributed by atoms with Crippen molar-refractivity contribution in [2.75, 3.05) is 0 Å². The molecule has 2 rings (SSSR count). The fraction of sp³-hybridized carbons (Fsp3) is 0.583. The molecule has 0 aliphatic heterocycles. The van der Waals surface area contributed by atoms with Gasteiger partial charge >= 0.3 is 5.97 Å². The number of carbonyl (C=O) groups is 1. The summed E-state index contributed by atoms with van der Waals surface area (Å²) in [4.78, 5) is 11.0. The van der Waals surface area contributed by atoms with Gasteiger partial charge in [0.15, 0.2) is 0 Å². The summed E-state index contributed by atoms with van der Waals surface area (Å²) in [5.41, 5.74) is 3.32. The molecule has 2 aliphatic carbocycles. The molecule has 0 saturated carbocycles. The minimum Gasteiger partial charge on any atom is -0.478 e. The van der Waals surface area contributed by atoms with E-state index in [0.717, 1.165) is 24.8 Å². The number of aliphatic carboxylic acids is 1. The Hall–Kier alpha value is -1.05. The Labute approximate surface area is 84.3 Å². The molecule has 1 N–H and O–H groups in total. The summed E-state index contributed by atoms with van der Waals surface area (Å²) in [6, 6.07) is 0. The number of carboxylic acids is 1. The Morgan fingerprint density at radius 1 is 1.50 bits per heavy atom. The molecule has 0 heterocycles. The zero-order chi connectivity index (χ0) is 10.3. The molecular formula is C12H16O2. The summed E-state index contributed by atoms with van der Waals surface area (Å²) in [5.74, 6) is -0.757. The monoisotopic (exact) mass is 192 g/mol.